The molecule has 0 aromatic heterocycles. The molecule has 0 unspecified atom stereocenters. The average molecular weight is 305 g/mol. The number of ether oxygens (including phenoxy) is 5. The molecule has 0 fully saturated rings. The largest absolute Gasteiger partial charge is 0.379 e. The first-order valence-electron chi connectivity index (χ1n) is 7.31. The molecule has 21 heavy (non-hydrogen) atoms. The van der Waals surface area contributed by atoms with Crippen LogP contribution in [0.15, 0.2) is 5.11 Å². The van der Waals surface area contributed by atoms with Gasteiger partial charge < -0.3 is 23.7 Å². The van der Waals surface area contributed by atoms with Crippen LogP contribution in [-0.2, 0) is 23.7 Å². The Morgan fingerprint density at radius 3 is 1.43 bits per heavy atom. The molecule has 0 aliphatic carbocycles. The maximum Gasteiger partial charge on any atom is 0.0701 e. The minimum Gasteiger partial charge on any atom is -0.379 e. The van der Waals surface area contributed by atoms with Gasteiger partial charge in [0.05, 0.1) is 59.5 Å². The maximum atomic E-state index is 8.04. The van der Waals surface area contributed by atoms with Crippen molar-refractivity contribution in [1.82, 2.24) is 0 Å². The van der Waals surface area contributed by atoms with E-state index in [1.165, 1.54) is 0 Å². The quantitative estimate of drug-likeness (QED) is 0.177. The molecular formula is C13H27N3O5. The van der Waals surface area contributed by atoms with Crippen molar-refractivity contribution in [3.63, 3.8) is 0 Å². The Kier molecular flexibility index (Phi) is 18.3. The van der Waals surface area contributed by atoms with E-state index in [0.717, 1.165) is 13.0 Å². The molecule has 0 saturated heterocycles. The van der Waals surface area contributed by atoms with Crippen LogP contribution in [-0.4, -0.2) is 72.6 Å². The third-order valence-corrected chi connectivity index (χ3v) is 2.24. The highest BCUT2D eigenvalue weighted by atomic mass is 16.6. The van der Waals surface area contributed by atoms with Crippen molar-refractivity contribution in [3.8, 4) is 0 Å². The van der Waals surface area contributed by atoms with E-state index >= 15 is 0 Å². The van der Waals surface area contributed by atoms with Crippen LogP contribution in [0.4, 0.5) is 0 Å². The standard InChI is InChI=1S/C13H27N3O5/c1-2-4-17-6-8-19-10-12-21-13-11-20-9-7-18-5-3-15-16-14/h2-13H2,1H3. The summed E-state index contributed by atoms with van der Waals surface area (Å²) in [6.45, 7) is 8.05. The van der Waals surface area contributed by atoms with Crippen LogP contribution in [0.2, 0.25) is 0 Å². The van der Waals surface area contributed by atoms with E-state index in [1.54, 1.807) is 0 Å². The lowest BCUT2D eigenvalue weighted by molar-refractivity contribution is -0.0104. The van der Waals surface area contributed by atoms with Crippen LogP contribution in [0.25, 0.3) is 10.4 Å². The first kappa shape index (κ1) is 20.1. The van der Waals surface area contributed by atoms with Gasteiger partial charge in [-0.05, 0) is 12.0 Å². The Hall–Kier alpha value is -0.890. The predicted octanol–water partition coefficient (Wildman–Crippen LogP) is 1.79. The third kappa shape index (κ3) is 19.1. The van der Waals surface area contributed by atoms with Crippen LogP contribution in [0.3, 0.4) is 0 Å². The molecular weight excluding hydrogens is 278 g/mol. The minimum atomic E-state index is 0.350. The van der Waals surface area contributed by atoms with Crippen LogP contribution < -0.4 is 0 Å². The Labute approximate surface area is 126 Å². The molecule has 0 bridgehead atoms. The zero-order valence-corrected chi connectivity index (χ0v) is 12.9. The van der Waals surface area contributed by atoms with Gasteiger partial charge in [0.1, 0.15) is 0 Å². The van der Waals surface area contributed by atoms with Crippen molar-refractivity contribution in [2.45, 2.75) is 13.3 Å². The van der Waals surface area contributed by atoms with Crippen molar-refractivity contribution in [2.75, 3.05) is 72.6 Å². The maximum absolute atomic E-state index is 8.04. The molecule has 0 aromatic rings. The van der Waals surface area contributed by atoms with Crippen LogP contribution in [0, 0.1) is 0 Å². The van der Waals surface area contributed by atoms with Crippen LogP contribution in [0.1, 0.15) is 13.3 Å². The molecule has 0 heterocycles. The third-order valence-electron chi connectivity index (χ3n) is 2.24. The summed E-state index contributed by atoms with van der Waals surface area (Å²) in [7, 11) is 0. The van der Waals surface area contributed by atoms with Crippen LogP contribution >= 0.6 is 0 Å². The summed E-state index contributed by atoms with van der Waals surface area (Å²) in [5.74, 6) is 0. The van der Waals surface area contributed by atoms with Crippen molar-refractivity contribution in [2.24, 2.45) is 5.11 Å². The molecule has 0 aliphatic rings. The van der Waals surface area contributed by atoms with E-state index in [9.17, 15) is 0 Å². The fraction of sp³-hybridized carbons (Fsp3) is 1.00. The summed E-state index contributed by atoms with van der Waals surface area (Å²) in [4.78, 5) is 2.62. The summed E-state index contributed by atoms with van der Waals surface area (Å²) < 4.78 is 26.4. The van der Waals surface area contributed by atoms with Crippen molar-refractivity contribution < 1.29 is 23.7 Å². The molecule has 0 aliphatic heterocycles. The zero-order valence-electron chi connectivity index (χ0n) is 12.9. The normalized spacial score (nSPS) is 10.5. The van der Waals surface area contributed by atoms with Gasteiger partial charge >= 0.3 is 0 Å². The molecule has 0 N–H and O–H groups in total. The SMILES string of the molecule is CCCOCCOCCOCCOCCOCCN=[N+]=[N-]. The molecule has 0 atom stereocenters. The Morgan fingerprint density at radius 2 is 1.05 bits per heavy atom. The molecule has 8 heteroatoms. The van der Waals surface area contributed by atoms with Gasteiger partial charge in [-0.15, -0.1) is 0 Å². The molecule has 0 spiro atoms. The molecule has 124 valence electrons. The number of hydrogen-bond donors (Lipinski definition) is 0. The lowest BCUT2D eigenvalue weighted by Gasteiger charge is -2.07. The molecule has 0 radical (unpaired) electrons. The summed E-state index contributed by atoms with van der Waals surface area (Å²) >= 11 is 0. The molecule has 0 rings (SSSR count). The molecule has 0 aromatic carbocycles. The lowest BCUT2D eigenvalue weighted by atomic mass is 10.5. The van der Waals surface area contributed by atoms with Gasteiger partial charge in [0.2, 0.25) is 0 Å². The summed E-state index contributed by atoms with van der Waals surface area (Å²) in [5.41, 5.74) is 8.04. The zero-order chi connectivity index (χ0) is 15.4. The Bertz CT molecular complexity index is 250. The number of azide groups is 1. The second kappa shape index (κ2) is 19.1. The van der Waals surface area contributed by atoms with E-state index in [-0.39, 0.29) is 0 Å². The molecule has 0 amide bonds. The van der Waals surface area contributed by atoms with E-state index in [0.29, 0.717) is 66.0 Å². The van der Waals surface area contributed by atoms with Gasteiger partial charge in [-0.2, -0.15) is 0 Å². The van der Waals surface area contributed by atoms with Gasteiger partial charge in [0.25, 0.3) is 0 Å². The van der Waals surface area contributed by atoms with Crippen molar-refractivity contribution in [1.29, 1.82) is 0 Å². The highest BCUT2D eigenvalue weighted by molar-refractivity contribution is 4.44. The Morgan fingerprint density at radius 1 is 0.667 bits per heavy atom. The van der Waals surface area contributed by atoms with E-state index in [1.807, 2.05) is 0 Å². The second-order valence-electron chi connectivity index (χ2n) is 4.02. The topological polar surface area (TPSA) is 94.9 Å². The lowest BCUT2D eigenvalue weighted by Crippen LogP contribution is -2.13. The van der Waals surface area contributed by atoms with Crippen LogP contribution in [0.5, 0.6) is 0 Å². The second-order valence-corrected chi connectivity index (χ2v) is 4.02. The van der Waals surface area contributed by atoms with Gasteiger partial charge in [-0.3, -0.25) is 0 Å². The smallest absolute Gasteiger partial charge is 0.0701 e. The first-order valence-corrected chi connectivity index (χ1v) is 7.31. The van der Waals surface area contributed by atoms with Crippen molar-refractivity contribution in [3.05, 3.63) is 10.4 Å². The van der Waals surface area contributed by atoms with Gasteiger partial charge in [-0.25, -0.2) is 0 Å². The predicted molar refractivity (Wildman–Crippen MR) is 78.4 cm³/mol. The van der Waals surface area contributed by atoms with Gasteiger partial charge in [0, 0.05) is 18.1 Å². The summed E-state index contributed by atoms with van der Waals surface area (Å²) in [6.07, 6.45) is 1.03. The fourth-order valence-electron chi connectivity index (χ4n) is 1.28. The monoisotopic (exact) mass is 305 g/mol. The number of hydrogen-bond acceptors (Lipinski definition) is 6. The number of nitrogens with zero attached hydrogens (tertiary/aromatic N) is 3. The van der Waals surface area contributed by atoms with Crippen molar-refractivity contribution >= 4 is 0 Å². The average Bonchev–Trinajstić information content (AvgIpc) is 2.50. The highest BCUT2D eigenvalue weighted by Gasteiger charge is 1.93. The first-order chi connectivity index (χ1) is 10.4. The Balaban J connectivity index is 2.94. The summed E-state index contributed by atoms with van der Waals surface area (Å²) in [6, 6.07) is 0. The highest BCUT2D eigenvalue weighted by Crippen LogP contribution is 1.85. The van der Waals surface area contributed by atoms with Gasteiger partial charge in [0.15, 0.2) is 0 Å². The number of rotatable bonds is 17. The molecule has 0 saturated carbocycles. The van der Waals surface area contributed by atoms with E-state index in [2.05, 4.69) is 16.9 Å². The van der Waals surface area contributed by atoms with Gasteiger partial charge in [-0.1, -0.05) is 12.0 Å². The van der Waals surface area contributed by atoms with E-state index < -0.39 is 0 Å². The molecule has 8 nitrogen and oxygen atoms in total. The minimum absolute atomic E-state index is 0.350. The van der Waals surface area contributed by atoms with E-state index in [4.69, 9.17) is 29.2 Å². The summed E-state index contributed by atoms with van der Waals surface area (Å²) in [5, 5.41) is 3.35. The fourth-order valence-corrected chi connectivity index (χ4v) is 1.28.